The van der Waals surface area contributed by atoms with E-state index in [1.54, 1.807) is 0 Å². The SMILES string of the molecule is CC1(C)C(C(=O)Cl)C12C(Cl)(Cl)C2(Cl)Cl. The van der Waals surface area contributed by atoms with Crippen LogP contribution >= 0.6 is 58.0 Å². The van der Waals surface area contributed by atoms with E-state index in [0.717, 1.165) is 0 Å². The summed E-state index contributed by atoms with van der Waals surface area (Å²) < 4.78 is -2.58. The largest absolute Gasteiger partial charge is 0.281 e. The molecule has 2 fully saturated rings. The first-order valence-electron chi connectivity index (χ1n) is 4.02. The van der Waals surface area contributed by atoms with Crippen molar-refractivity contribution in [3.63, 3.8) is 0 Å². The second kappa shape index (κ2) is 2.51. The number of carbonyl (C=O) groups excluding carboxylic acids is 1. The van der Waals surface area contributed by atoms with Crippen molar-refractivity contribution in [2.75, 3.05) is 0 Å². The van der Waals surface area contributed by atoms with E-state index in [0.29, 0.717) is 0 Å². The fraction of sp³-hybridized carbons (Fsp3) is 0.875. The Morgan fingerprint density at radius 1 is 1.07 bits per heavy atom. The first-order chi connectivity index (χ1) is 6.07. The molecule has 2 aliphatic carbocycles. The van der Waals surface area contributed by atoms with Crippen molar-refractivity contribution in [2.24, 2.45) is 16.7 Å². The van der Waals surface area contributed by atoms with Gasteiger partial charge in [-0.25, -0.2) is 0 Å². The van der Waals surface area contributed by atoms with Crippen molar-refractivity contribution in [2.45, 2.75) is 22.5 Å². The molecule has 1 unspecified atom stereocenters. The summed E-state index contributed by atoms with van der Waals surface area (Å²) in [4.78, 5) is 11.2. The van der Waals surface area contributed by atoms with E-state index >= 15 is 0 Å². The summed E-state index contributed by atoms with van der Waals surface area (Å²) in [5.74, 6) is -0.471. The minimum Gasteiger partial charge on any atom is -0.281 e. The first-order valence-corrected chi connectivity index (χ1v) is 5.90. The highest BCUT2D eigenvalue weighted by atomic mass is 35.5. The number of alkyl halides is 4. The summed E-state index contributed by atoms with van der Waals surface area (Å²) in [6.07, 6.45) is 0. The molecule has 1 nitrogen and oxygen atoms in total. The zero-order chi connectivity index (χ0) is 11.2. The summed E-state index contributed by atoms with van der Waals surface area (Å²) >= 11 is 29.5. The van der Waals surface area contributed by atoms with E-state index in [9.17, 15) is 4.79 Å². The molecule has 2 rings (SSSR count). The number of carbonyl (C=O) groups is 1. The second-order valence-corrected chi connectivity index (χ2v) is 7.44. The highest BCUT2D eigenvalue weighted by Crippen LogP contribution is 2.97. The summed E-state index contributed by atoms with van der Waals surface area (Å²) in [5, 5.41) is -0.483. The van der Waals surface area contributed by atoms with Gasteiger partial charge in [-0.15, -0.1) is 0 Å². The van der Waals surface area contributed by atoms with Gasteiger partial charge >= 0.3 is 0 Å². The average molecular weight is 296 g/mol. The van der Waals surface area contributed by atoms with E-state index in [1.165, 1.54) is 0 Å². The van der Waals surface area contributed by atoms with Gasteiger partial charge in [0.15, 0.2) is 8.67 Å². The van der Waals surface area contributed by atoms with E-state index in [-0.39, 0.29) is 0 Å². The molecule has 0 radical (unpaired) electrons. The van der Waals surface area contributed by atoms with Crippen molar-refractivity contribution < 1.29 is 4.79 Å². The van der Waals surface area contributed by atoms with Gasteiger partial charge in [-0.05, 0) is 17.0 Å². The molecule has 0 aromatic carbocycles. The predicted octanol–water partition coefficient (Wildman–Crippen LogP) is 3.76. The van der Waals surface area contributed by atoms with Crippen LogP contribution in [0.1, 0.15) is 13.8 Å². The number of hydrogen-bond acceptors (Lipinski definition) is 1. The molecule has 0 bridgehead atoms. The molecule has 0 aliphatic heterocycles. The van der Waals surface area contributed by atoms with Crippen LogP contribution in [-0.2, 0) is 4.79 Å². The van der Waals surface area contributed by atoms with Crippen LogP contribution in [0.2, 0.25) is 0 Å². The minimum absolute atomic E-state index is 0.446. The van der Waals surface area contributed by atoms with Crippen LogP contribution < -0.4 is 0 Å². The smallest absolute Gasteiger partial charge is 0.226 e. The maximum Gasteiger partial charge on any atom is 0.226 e. The van der Waals surface area contributed by atoms with Crippen LogP contribution in [0.15, 0.2) is 0 Å². The quantitative estimate of drug-likeness (QED) is 0.532. The fourth-order valence-corrected chi connectivity index (χ4v) is 5.84. The van der Waals surface area contributed by atoms with Crippen molar-refractivity contribution in [3.05, 3.63) is 0 Å². The number of halogens is 5. The number of rotatable bonds is 1. The van der Waals surface area contributed by atoms with Crippen LogP contribution in [0, 0.1) is 16.7 Å². The molecule has 6 heteroatoms. The van der Waals surface area contributed by atoms with Crippen LogP contribution in [-0.4, -0.2) is 13.9 Å². The van der Waals surface area contributed by atoms with Gasteiger partial charge in [0.05, 0.1) is 11.3 Å². The highest BCUT2D eigenvalue weighted by molar-refractivity contribution is 6.72. The third-order valence-electron chi connectivity index (χ3n) is 3.64. The molecule has 2 saturated carbocycles. The summed E-state index contributed by atoms with van der Waals surface area (Å²) in [5.41, 5.74) is -1.24. The standard InChI is InChI=1S/C8H7Cl5O/c1-5(2)3(4(9)14)6(5)7(10,11)8(6,12)13/h3H,1-2H3. The Labute approximate surface area is 107 Å². The Hall–Kier alpha value is 1.12. The Kier molecular flexibility index (Phi) is 2.08. The maximum atomic E-state index is 11.2. The van der Waals surface area contributed by atoms with Crippen LogP contribution in [0.4, 0.5) is 0 Å². The predicted molar refractivity (Wildman–Crippen MR) is 59.4 cm³/mol. The molecule has 0 N–H and O–H groups in total. The monoisotopic (exact) mass is 294 g/mol. The second-order valence-electron chi connectivity index (χ2n) is 4.42. The summed E-state index contributed by atoms with van der Waals surface area (Å²) in [7, 11) is 0. The van der Waals surface area contributed by atoms with Gasteiger partial charge in [0.1, 0.15) is 0 Å². The maximum absolute atomic E-state index is 11.2. The Bertz CT molecular complexity index is 319. The first kappa shape index (κ1) is 11.6. The minimum atomic E-state index is -1.29. The van der Waals surface area contributed by atoms with E-state index < -0.39 is 30.7 Å². The Morgan fingerprint density at radius 2 is 1.43 bits per heavy atom. The van der Waals surface area contributed by atoms with E-state index in [1.807, 2.05) is 13.8 Å². The third kappa shape index (κ3) is 0.799. The molecular weight excluding hydrogens is 289 g/mol. The molecule has 14 heavy (non-hydrogen) atoms. The molecule has 0 aromatic heterocycles. The molecule has 80 valence electrons. The molecular formula is C8H7Cl5O. The zero-order valence-electron chi connectivity index (χ0n) is 7.38. The van der Waals surface area contributed by atoms with Gasteiger partial charge in [-0.3, -0.25) is 4.79 Å². The van der Waals surface area contributed by atoms with Crippen LogP contribution in [0.25, 0.3) is 0 Å². The van der Waals surface area contributed by atoms with E-state index in [4.69, 9.17) is 58.0 Å². The summed E-state index contributed by atoms with van der Waals surface area (Å²) in [6.45, 7) is 3.67. The Morgan fingerprint density at radius 3 is 1.50 bits per heavy atom. The zero-order valence-corrected chi connectivity index (χ0v) is 11.2. The third-order valence-corrected chi connectivity index (χ3v) is 6.57. The lowest BCUT2D eigenvalue weighted by Gasteiger charge is -1.98. The van der Waals surface area contributed by atoms with Crippen molar-refractivity contribution in [1.82, 2.24) is 0 Å². The van der Waals surface area contributed by atoms with Gasteiger partial charge in [0.2, 0.25) is 5.24 Å². The number of hydrogen-bond donors (Lipinski definition) is 0. The van der Waals surface area contributed by atoms with Crippen molar-refractivity contribution >= 4 is 63.2 Å². The molecule has 1 atom stereocenters. The topological polar surface area (TPSA) is 17.1 Å². The molecule has 0 aromatic rings. The molecule has 0 saturated heterocycles. The van der Waals surface area contributed by atoms with Crippen LogP contribution in [0.5, 0.6) is 0 Å². The normalized spacial score (nSPS) is 38.1. The molecule has 2 aliphatic rings. The van der Waals surface area contributed by atoms with Crippen molar-refractivity contribution in [3.8, 4) is 0 Å². The lowest BCUT2D eigenvalue weighted by atomic mass is 10.1. The van der Waals surface area contributed by atoms with Gasteiger partial charge < -0.3 is 0 Å². The molecule has 1 spiro atoms. The highest BCUT2D eigenvalue weighted by Gasteiger charge is 3.04. The lowest BCUT2D eigenvalue weighted by Crippen LogP contribution is -1.98. The van der Waals surface area contributed by atoms with Gasteiger partial charge in [-0.1, -0.05) is 60.3 Å². The fourth-order valence-electron chi connectivity index (χ4n) is 2.83. The van der Waals surface area contributed by atoms with Gasteiger partial charge in [-0.2, -0.15) is 0 Å². The molecule has 0 amide bonds. The van der Waals surface area contributed by atoms with E-state index in [2.05, 4.69) is 0 Å². The lowest BCUT2D eigenvalue weighted by molar-refractivity contribution is -0.113. The van der Waals surface area contributed by atoms with Gasteiger partial charge in [0.25, 0.3) is 0 Å². The van der Waals surface area contributed by atoms with Crippen LogP contribution in [0.3, 0.4) is 0 Å². The van der Waals surface area contributed by atoms with Gasteiger partial charge in [0, 0.05) is 0 Å². The average Bonchev–Trinajstić information content (AvgIpc) is 2.59. The molecule has 0 heterocycles. The summed E-state index contributed by atoms with van der Waals surface area (Å²) in [6, 6.07) is 0. The Balaban J connectivity index is 2.46. The van der Waals surface area contributed by atoms with Crippen molar-refractivity contribution in [1.29, 1.82) is 0 Å².